The van der Waals surface area contributed by atoms with Crippen LogP contribution in [0.5, 0.6) is 0 Å². The molecule has 1 aromatic carbocycles. The zero-order chi connectivity index (χ0) is 15.8. The number of rotatable bonds is 3. The molecule has 4 rings (SSSR count). The highest BCUT2D eigenvalue weighted by Gasteiger charge is 2.22. The summed E-state index contributed by atoms with van der Waals surface area (Å²) in [5.41, 5.74) is 3.09. The van der Waals surface area contributed by atoms with E-state index in [-0.39, 0.29) is 12.0 Å². The first-order valence-corrected chi connectivity index (χ1v) is 8.58. The maximum Gasteiger partial charge on any atom is 0.266 e. The van der Waals surface area contributed by atoms with E-state index in [0.29, 0.717) is 29.1 Å². The summed E-state index contributed by atoms with van der Waals surface area (Å²) < 4.78 is 11.1. The van der Waals surface area contributed by atoms with Crippen molar-refractivity contribution in [3.63, 3.8) is 0 Å². The molecule has 1 aliphatic rings. The number of aromatic amines is 1. The van der Waals surface area contributed by atoms with Crippen LogP contribution in [0.3, 0.4) is 0 Å². The van der Waals surface area contributed by atoms with Crippen molar-refractivity contribution in [2.75, 3.05) is 13.2 Å². The monoisotopic (exact) mass is 346 g/mol. The minimum absolute atomic E-state index is 0.0751. The normalized spacial score (nSPS) is 17.1. The topological polar surface area (TPSA) is 67.3 Å². The molecule has 1 amide bonds. The molecule has 2 aromatic heterocycles. The number of thiophene rings is 1. The summed E-state index contributed by atoms with van der Waals surface area (Å²) in [5.74, 6) is -0.153. The van der Waals surface area contributed by atoms with Gasteiger partial charge in [-0.2, -0.15) is 0 Å². The molecule has 118 valence electrons. The number of fused-ring (bicyclic) bond motifs is 2. The lowest BCUT2D eigenvalue weighted by molar-refractivity contribution is 0.0423. The minimum atomic E-state index is -0.153. The number of H-pyrrole nitrogens is 1. The summed E-state index contributed by atoms with van der Waals surface area (Å²) in [6, 6.07) is 7.30. The summed E-state index contributed by atoms with van der Waals surface area (Å²) in [6.45, 7) is 1.15. The van der Waals surface area contributed by atoms with Crippen molar-refractivity contribution in [1.82, 2.24) is 10.3 Å². The molecular weight excluding hydrogens is 332 g/mol. The van der Waals surface area contributed by atoms with Crippen molar-refractivity contribution < 1.29 is 13.9 Å². The third kappa shape index (κ3) is 2.83. The molecule has 1 atom stereocenters. The number of hydrogen-bond donors (Lipinski definition) is 2. The first-order valence-electron chi connectivity index (χ1n) is 7.29. The molecule has 0 spiro atoms. The van der Waals surface area contributed by atoms with Crippen molar-refractivity contribution in [2.45, 2.75) is 12.5 Å². The third-order valence-corrected chi connectivity index (χ3v) is 5.09. The van der Waals surface area contributed by atoms with Crippen LogP contribution >= 0.6 is 23.6 Å². The van der Waals surface area contributed by atoms with E-state index in [1.807, 2.05) is 0 Å². The Labute approximate surface area is 141 Å². The number of ether oxygens (including phenoxy) is 1. The van der Waals surface area contributed by atoms with Gasteiger partial charge in [-0.25, -0.2) is 0 Å². The summed E-state index contributed by atoms with van der Waals surface area (Å²) in [7, 11) is 0. The van der Waals surface area contributed by atoms with Gasteiger partial charge in [0, 0.05) is 23.4 Å². The molecule has 0 unspecified atom stereocenters. The third-order valence-electron chi connectivity index (χ3n) is 3.91. The SMILES string of the molecule is O=C(NC[C@H]1OCCc2sccc21)c1ccc2[nH]c(=S)oc2c1. The van der Waals surface area contributed by atoms with Crippen LogP contribution in [0.4, 0.5) is 0 Å². The Morgan fingerprint density at radius 3 is 3.26 bits per heavy atom. The second-order valence-corrected chi connectivity index (χ2v) is 6.72. The Kier molecular flexibility index (Phi) is 3.76. The number of oxazole rings is 1. The molecule has 2 N–H and O–H groups in total. The van der Waals surface area contributed by atoms with Crippen LogP contribution in [0, 0.1) is 4.84 Å². The van der Waals surface area contributed by atoms with Gasteiger partial charge in [0.25, 0.3) is 10.7 Å². The molecule has 0 saturated heterocycles. The minimum Gasteiger partial charge on any atom is -0.429 e. The zero-order valence-corrected chi connectivity index (χ0v) is 13.8. The first-order chi connectivity index (χ1) is 11.2. The van der Waals surface area contributed by atoms with Gasteiger partial charge in [-0.1, -0.05) is 0 Å². The van der Waals surface area contributed by atoms with Crippen LogP contribution in [-0.4, -0.2) is 24.0 Å². The number of amides is 1. The predicted octanol–water partition coefficient (Wildman–Crippen LogP) is 3.60. The van der Waals surface area contributed by atoms with Crippen LogP contribution < -0.4 is 5.32 Å². The molecular formula is C16H14N2O3S2. The Balaban J connectivity index is 1.48. The van der Waals surface area contributed by atoms with Crippen LogP contribution in [0.1, 0.15) is 26.9 Å². The number of hydrogen-bond acceptors (Lipinski definition) is 5. The summed E-state index contributed by atoms with van der Waals surface area (Å²) >= 11 is 6.69. The lowest BCUT2D eigenvalue weighted by Crippen LogP contribution is -2.31. The van der Waals surface area contributed by atoms with Crippen molar-refractivity contribution in [1.29, 1.82) is 0 Å². The summed E-state index contributed by atoms with van der Waals surface area (Å²) in [4.78, 5) is 16.9. The van der Waals surface area contributed by atoms with E-state index in [1.165, 1.54) is 10.4 Å². The molecule has 1 aliphatic heterocycles. The van der Waals surface area contributed by atoms with Crippen molar-refractivity contribution in [2.24, 2.45) is 0 Å². The standard InChI is InChI=1S/C16H14N2O3S2/c19-15(9-1-2-11-12(7-9)21-16(22)18-11)17-8-13-10-4-6-23-14(10)3-5-20-13/h1-2,4,6-7,13H,3,5,8H2,(H,17,19)(H,18,22)/t13-/m1/s1. The highest BCUT2D eigenvalue weighted by molar-refractivity contribution is 7.71. The molecule has 0 bridgehead atoms. The van der Waals surface area contributed by atoms with Gasteiger partial charge >= 0.3 is 0 Å². The second-order valence-electron chi connectivity index (χ2n) is 5.34. The van der Waals surface area contributed by atoms with E-state index in [9.17, 15) is 4.79 Å². The van der Waals surface area contributed by atoms with Crippen molar-refractivity contribution in [3.8, 4) is 0 Å². The van der Waals surface area contributed by atoms with Crippen molar-refractivity contribution >= 4 is 40.6 Å². The van der Waals surface area contributed by atoms with E-state index in [4.69, 9.17) is 21.4 Å². The Morgan fingerprint density at radius 1 is 1.43 bits per heavy atom. The summed E-state index contributed by atoms with van der Waals surface area (Å²) in [6.07, 6.45) is 0.876. The van der Waals surface area contributed by atoms with E-state index in [2.05, 4.69) is 21.7 Å². The van der Waals surface area contributed by atoms with Gasteiger partial charge in [0.2, 0.25) is 0 Å². The van der Waals surface area contributed by atoms with E-state index in [0.717, 1.165) is 11.9 Å². The van der Waals surface area contributed by atoms with Gasteiger partial charge in [-0.15, -0.1) is 11.3 Å². The summed E-state index contributed by atoms with van der Waals surface area (Å²) in [5, 5.41) is 5.00. The molecule has 7 heteroatoms. The maximum atomic E-state index is 12.3. The lowest BCUT2D eigenvalue weighted by atomic mass is 10.1. The quantitative estimate of drug-likeness (QED) is 0.711. The average molecular weight is 346 g/mol. The molecule has 0 radical (unpaired) electrons. The number of carbonyl (C=O) groups is 1. The maximum absolute atomic E-state index is 12.3. The number of aromatic nitrogens is 1. The average Bonchev–Trinajstić information content (AvgIpc) is 3.16. The molecule has 0 aliphatic carbocycles. The smallest absolute Gasteiger partial charge is 0.266 e. The fraction of sp³-hybridized carbons (Fsp3) is 0.250. The Morgan fingerprint density at radius 2 is 2.35 bits per heavy atom. The van der Waals surface area contributed by atoms with E-state index in [1.54, 1.807) is 29.5 Å². The number of carbonyl (C=O) groups excluding carboxylic acids is 1. The molecule has 3 heterocycles. The molecule has 5 nitrogen and oxygen atoms in total. The van der Waals surface area contributed by atoms with Crippen LogP contribution in [0.2, 0.25) is 0 Å². The van der Waals surface area contributed by atoms with Gasteiger partial charge in [0.15, 0.2) is 5.58 Å². The second kappa shape index (κ2) is 5.92. The largest absolute Gasteiger partial charge is 0.429 e. The van der Waals surface area contributed by atoms with Crippen molar-refractivity contribution in [3.05, 3.63) is 50.5 Å². The number of nitrogens with one attached hydrogen (secondary N) is 2. The highest BCUT2D eigenvalue weighted by atomic mass is 32.1. The van der Waals surface area contributed by atoms with Gasteiger partial charge in [0.05, 0.1) is 12.1 Å². The van der Waals surface area contributed by atoms with E-state index < -0.39 is 0 Å². The molecule has 0 saturated carbocycles. The first kappa shape index (κ1) is 14.6. The van der Waals surface area contributed by atoms with Gasteiger partial charge < -0.3 is 19.5 Å². The van der Waals surface area contributed by atoms with Gasteiger partial charge in [-0.05, 0) is 47.4 Å². The van der Waals surface area contributed by atoms with Gasteiger partial charge in [-0.3, -0.25) is 4.79 Å². The fourth-order valence-electron chi connectivity index (χ4n) is 2.77. The Hall–Kier alpha value is -1.96. The van der Waals surface area contributed by atoms with Crippen LogP contribution in [0.15, 0.2) is 34.1 Å². The molecule has 3 aromatic rings. The van der Waals surface area contributed by atoms with E-state index >= 15 is 0 Å². The predicted molar refractivity (Wildman–Crippen MR) is 90.4 cm³/mol. The fourth-order valence-corrected chi connectivity index (χ4v) is 3.88. The van der Waals surface area contributed by atoms with Gasteiger partial charge in [0.1, 0.15) is 6.10 Å². The molecule has 23 heavy (non-hydrogen) atoms. The lowest BCUT2D eigenvalue weighted by Gasteiger charge is -2.23. The zero-order valence-electron chi connectivity index (χ0n) is 12.1. The van der Waals surface area contributed by atoms with Crippen LogP contribution in [0.25, 0.3) is 11.1 Å². The Bertz CT molecular complexity index is 925. The highest BCUT2D eigenvalue weighted by Crippen LogP contribution is 2.30. The van der Waals surface area contributed by atoms with Crippen LogP contribution in [-0.2, 0) is 11.2 Å². The number of benzene rings is 1. The molecule has 0 fully saturated rings.